The first-order chi connectivity index (χ1) is 9.35. The Labute approximate surface area is 124 Å². The summed E-state index contributed by atoms with van der Waals surface area (Å²) in [6, 6.07) is 0. The van der Waals surface area contributed by atoms with Crippen molar-refractivity contribution >= 4 is 5.97 Å². The summed E-state index contributed by atoms with van der Waals surface area (Å²) in [6.45, 7) is 14.1. The summed E-state index contributed by atoms with van der Waals surface area (Å²) in [5.74, 6) is 0.480. The first-order valence-corrected chi connectivity index (χ1v) is 7.89. The Morgan fingerprint density at radius 3 is 2.40 bits per heavy atom. The average Bonchev–Trinajstić information content (AvgIpc) is 2.34. The SMILES string of the molecule is CCNC(C)(CCCOC(C)CC(C)C)C(=O)OCC. The molecule has 2 atom stereocenters. The molecule has 120 valence electrons. The summed E-state index contributed by atoms with van der Waals surface area (Å²) in [6.07, 6.45) is 2.93. The first-order valence-electron chi connectivity index (χ1n) is 7.89. The van der Waals surface area contributed by atoms with Crippen molar-refractivity contribution in [3.63, 3.8) is 0 Å². The largest absolute Gasteiger partial charge is 0.465 e. The Morgan fingerprint density at radius 2 is 1.90 bits per heavy atom. The molecule has 0 aromatic carbocycles. The zero-order valence-electron chi connectivity index (χ0n) is 14.1. The normalized spacial score (nSPS) is 15.9. The summed E-state index contributed by atoms with van der Waals surface area (Å²) in [5, 5.41) is 3.23. The highest BCUT2D eigenvalue weighted by atomic mass is 16.5. The zero-order chi connectivity index (χ0) is 15.6. The molecule has 2 unspecified atom stereocenters. The Balaban J connectivity index is 4.12. The van der Waals surface area contributed by atoms with Gasteiger partial charge in [-0.1, -0.05) is 20.8 Å². The van der Waals surface area contributed by atoms with Crippen LogP contribution in [0, 0.1) is 5.92 Å². The van der Waals surface area contributed by atoms with E-state index in [0.29, 0.717) is 19.1 Å². The van der Waals surface area contributed by atoms with E-state index in [4.69, 9.17) is 9.47 Å². The van der Waals surface area contributed by atoms with Crippen LogP contribution in [0.25, 0.3) is 0 Å². The quantitative estimate of drug-likeness (QED) is 0.468. The van der Waals surface area contributed by atoms with E-state index >= 15 is 0 Å². The van der Waals surface area contributed by atoms with E-state index in [9.17, 15) is 4.79 Å². The molecular weight excluding hydrogens is 254 g/mol. The van der Waals surface area contributed by atoms with E-state index in [1.165, 1.54) is 0 Å². The second-order valence-corrected chi connectivity index (χ2v) is 6.00. The fourth-order valence-electron chi connectivity index (χ4n) is 2.39. The lowest BCUT2D eigenvalue weighted by molar-refractivity contribution is -0.151. The van der Waals surface area contributed by atoms with Crippen LogP contribution in [0.3, 0.4) is 0 Å². The molecule has 0 fully saturated rings. The maximum Gasteiger partial charge on any atom is 0.326 e. The molecule has 0 aliphatic carbocycles. The van der Waals surface area contributed by atoms with Crippen LogP contribution in [0.5, 0.6) is 0 Å². The highest BCUT2D eigenvalue weighted by Gasteiger charge is 2.33. The van der Waals surface area contributed by atoms with Gasteiger partial charge in [-0.15, -0.1) is 0 Å². The van der Waals surface area contributed by atoms with E-state index in [2.05, 4.69) is 26.1 Å². The van der Waals surface area contributed by atoms with Crippen molar-refractivity contribution in [1.82, 2.24) is 5.32 Å². The molecule has 0 saturated heterocycles. The lowest BCUT2D eigenvalue weighted by Gasteiger charge is -2.28. The van der Waals surface area contributed by atoms with E-state index in [0.717, 1.165) is 25.8 Å². The van der Waals surface area contributed by atoms with Crippen LogP contribution in [0.2, 0.25) is 0 Å². The van der Waals surface area contributed by atoms with Gasteiger partial charge in [0.1, 0.15) is 5.54 Å². The van der Waals surface area contributed by atoms with Crippen molar-refractivity contribution in [2.45, 2.75) is 72.4 Å². The molecule has 0 amide bonds. The molecule has 0 rings (SSSR count). The topological polar surface area (TPSA) is 47.6 Å². The van der Waals surface area contributed by atoms with Gasteiger partial charge in [0, 0.05) is 6.61 Å². The van der Waals surface area contributed by atoms with Crippen molar-refractivity contribution in [3.05, 3.63) is 0 Å². The van der Waals surface area contributed by atoms with Gasteiger partial charge in [0.15, 0.2) is 0 Å². The van der Waals surface area contributed by atoms with Crippen molar-refractivity contribution in [1.29, 1.82) is 0 Å². The fourth-order valence-corrected chi connectivity index (χ4v) is 2.39. The van der Waals surface area contributed by atoms with Crippen LogP contribution in [0.4, 0.5) is 0 Å². The molecule has 4 heteroatoms. The third kappa shape index (κ3) is 7.85. The molecule has 0 spiro atoms. The van der Waals surface area contributed by atoms with Crippen LogP contribution in [0.15, 0.2) is 0 Å². The van der Waals surface area contributed by atoms with Gasteiger partial charge in [0.2, 0.25) is 0 Å². The van der Waals surface area contributed by atoms with Crippen molar-refractivity contribution < 1.29 is 14.3 Å². The standard InChI is InChI=1S/C16H33NO3/c1-7-17-16(6,15(18)19-8-2)10-9-11-20-14(5)12-13(3)4/h13-14,17H,7-12H2,1-6H3. The maximum absolute atomic E-state index is 12.0. The minimum atomic E-state index is -0.602. The first kappa shape index (κ1) is 19.4. The molecule has 0 heterocycles. The Morgan fingerprint density at radius 1 is 1.25 bits per heavy atom. The molecule has 4 nitrogen and oxygen atoms in total. The molecular formula is C16H33NO3. The second-order valence-electron chi connectivity index (χ2n) is 6.00. The molecule has 0 aromatic heterocycles. The fraction of sp³-hybridized carbons (Fsp3) is 0.938. The predicted octanol–water partition coefficient (Wildman–Crippen LogP) is 3.15. The predicted molar refractivity (Wildman–Crippen MR) is 82.8 cm³/mol. The molecule has 0 aromatic rings. The van der Waals surface area contributed by atoms with Crippen LogP contribution in [0.1, 0.15) is 60.8 Å². The van der Waals surface area contributed by atoms with E-state index < -0.39 is 5.54 Å². The number of ether oxygens (including phenoxy) is 2. The van der Waals surface area contributed by atoms with Gasteiger partial charge in [-0.2, -0.15) is 0 Å². The van der Waals surface area contributed by atoms with Crippen molar-refractivity contribution in [2.24, 2.45) is 5.92 Å². The molecule has 0 radical (unpaired) electrons. The van der Waals surface area contributed by atoms with E-state index in [1.807, 2.05) is 20.8 Å². The molecule has 1 N–H and O–H groups in total. The lowest BCUT2D eigenvalue weighted by atomic mass is 9.96. The Hall–Kier alpha value is -0.610. The van der Waals surface area contributed by atoms with Gasteiger partial charge >= 0.3 is 5.97 Å². The van der Waals surface area contributed by atoms with Crippen LogP contribution >= 0.6 is 0 Å². The highest BCUT2D eigenvalue weighted by Crippen LogP contribution is 2.16. The molecule has 0 bridgehead atoms. The minimum Gasteiger partial charge on any atom is -0.465 e. The summed E-state index contributed by atoms with van der Waals surface area (Å²) in [5.41, 5.74) is -0.602. The highest BCUT2D eigenvalue weighted by molar-refractivity contribution is 5.80. The molecule has 0 aliphatic heterocycles. The number of nitrogens with one attached hydrogen (secondary N) is 1. The van der Waals surface area contributed by atoms with Gasteiger partial charge in [-0.05, 0) is 52.5 Å². The number of hydrogen-bond acceptors (Lipinski definition) is 4. The number of hydrogen-bond donors (Lipinski definition) is 1. The van der Waals surface area contributed by atoms with Gasteiger partial charge in [-0.3, -0.25) is 4.79 Å². The number of carbonyl (C=O) groups excluding carboxylic acids is 1. The second kappa shape index (κ2) is 10.2. The van der Waals surface area contributed by atoms with Crippen molar-refractivity contribution in [2.75, 3.05) is 19.8 Å². The van der Waals surface area contributed by atoms with Crippen LogP contribution in [-0.2, 0) is 14.3 Å². The smallest absolute Gasteiger partial charge is 0.326 e. The van der Waals surface area contributed by atoms with Crippen molar-refractivity contribution in [3.8, 4) is 0 Å². The zero-order valence-corrected chi connectivity index (χ0v) is 14.1. The minimum absolute atomic E-state index is 0.169. The van der Waals surface area contributed by atoms with Crippen LogP contribution in [-0.4, -0.2) is 37.4 Å². The summed E-state index contributed by atoms with van der Waals surface area (Å²) in [7, 11) is 0. The van der Waals surface area contributed by atoms with E-state index in [1.54, 1.807) is 0 Å². The maximum atomic E-state index is 12.0. The Kier molecular flexibility index (Phi) is 9.86. The Bertz CT molecular complexity index is 268. The number of esters is 1. The van der Waals surface area contributed by atoms with Gasteiger partial charge < -0.3 is 14.8 Å². The summed E-state index contributed by atoms with van der Waals surface area (Å²) < 4.78 is 10.9. The molecule has 20 heavy (non-hydrogen) atoms. The van der Waals surface area contributed by atoms with Gasteiger partial charge in [0.05, 0.1) is 12.7 Å². The van der Waals surface area contributed by atoms with E-state index in [-0.39, 0.29) is 12.1 Å². The average molecular weight is 287 g/mol. The molecule has 0 saturated carbocycles. The van der Waals surface area contributed by atoms with Crippen LogP contribution < -0.4 is 5.32 Å². The van der Waals surface area contributed by atoms with Gasteiger partial charge in [-0.25, -0.2) is 0 Å². The number of likely N-dealkylation sites (N-methyl/N-ethyl adjacent to an activating group) is 1. The monoisotopic (exact) mass is 287 g/mol. The van der Waals surface area contributed by atoms with Gasteiger partial charge in [0.25, 0.3) is 0 Å². The third-order valence-electron chi connectivity index (χ3n) is 3.32. The number of rotatable bonds is 11. The third-order valence-corrected chi connectivity index (χ3v) is 3.32. The molecule has 0 aliphatic rings. The summed E-state index contributed by atoms with van der Waals surface area (Å²) in [4.78, 5) is 12.0. The summed E-state index contributed by atoms with van der Waals surface area (Å²) >= 11 is 0. The number of carbonyl (C=O) groups is 1. The lowest BCUT2D eigenvalue weighted by Crippen LogP contribution is -2.50.